The van der Waals surface area contributed by atoms with Crippen LogP contribution in [0.1, 0.15) is 48.6 Å². The van der Waals surface area contributed by atoms with E-state index in [1.165, 1.54) is 12.1 Å². The minimum absolute atomic E-state index is 0.00763. The zero-order valence-electron chi connectivity index (χ0n) is 15.8. The van der Waals surface area contributed by atoms with Crippen molar-refractivity contribution >= 4 is 49.0 Å². The largest absolute Gasteiger partial charge is 0.298 e. The number of Topliss-reactive ketones (excluding diaryl/α,β-unsaturated/α-hetero) is 1. The van der Waals surface area contributed by atoms with E-state index in [-0.39, 0.29) is 29.0 Å². The van der Waals surface area contributed by atoms with Crippen LogP contribution in [0.5, 0.6) is 0 Å². The average molecular weight is 538 g/mol. The third kappa shape index (κ3) is 4.18. The molecule has 2 aliphatic rings. The van der Waals surface area contributed by atoms with Crippen LogP contribution in [0.25, 0.3) is 0 Å². The van der Waals surface area contributed by atoms with Crippen molar-refractivity contribution in [3.63, 3.8) is 0 Å². The van der Waals surface area contributed by atoms with Crippen LogP contribution in [0.3, 0.4) is 0 Å². The minimum atomic E-state index is -0.460. The van der Waals surface area contributed by atoms with E-state index in [0.29, 0.717) is 20.1 Å². The van der Waals surface area contributed by atoms with Gasteiger partial charge < -0.3 is 0 Å². The van der Waals surface area contributed by atoms with Crippen molar-refractivity contribution in [2.24, 2.45) is 11.8 Å². The fraction of sp³-hybridized carbons (Fsp3) is 0.381. The lowest BCUT2D eigenvalue weighted by atomic mass is 9.78. The summed E-state index contributed by atoms with van der Waals surface area (Å²) >= 11 is 6.40. The molecule has 0 aromatic heterocycles. The van der Waals surface area contributed by atoms with Crippen molar-refractivity contribution in [3.05, 3.63) is 76.7 Å². The second-order valence-electron chi connectivity index (χ2n) is 7.97. The lowest BCUT2D eigenvalue weighted by Gasteiger charge is -2.23. The Morgan fingerprint density at radius 3 is 1.47 bits per heavy atom. The first-order valence-corrected chi connectivity index (χ1v) is 11.3. The Bertz CT molecular complexity index is 968. The molecule has 156 valence electrons. The molecule has 2 fully saturated rings. The normalized spacial score (nSPS) is 17.9. The molecule has 0 bridgehead atoms. The lowest BCUT2D eigenvalue weighted by Crippen LogP contribution is -2.24. The number of hydrogen-bond donors (Lipinski definition) is 0. The lowest BCUT2D eigenvalue weighted by molar-refractivity contribution is -0.385. The summed E-state index contributed by atoms with van der Waals surface area (Å²) in [6, 6.07) is 9.75. The van der Waals surface area contributed by atoms with Crippen LogP contribution in [0.2, 0.25) is 0 Å². The van der Waals surface area contributed by atoms with Crippen molar-refractivity contribution in [3.8, 4) is 0 Å². The minimum Gasteiger partial charge on any atom is -0.298 e. The van der Waals surface area contributed by atoms with E-state index < -0.39 is 21.7 Å². The quantitative estimate of drug-likeness (QED) is 0.291. The molecule has 30 heavy (non-hydrogen) atoms. The maximum absolute atomic E-state index is 13.8. The Hall–Kier alpha value is -2.13. The number of carbonyl (C=O) groups excluding carboxylic acids is 1. The van der Waals surface area contributed by atoms with E-state index in [2.05, 4.69) is 31.9 Å². The van der Waals surface area contributed by atoms with Gasteiger partial charge in [-0.3, -0.25) is 25.0 Å². The van der Waals surface area contributed by atoms with Crippen LogP contribution < -0.4 is 0 Å². The zero-order chi connectivity index (χ0) is 21.6. The highest BCUT2D eigenvalue weighted by molar-refractivity contribution is 9.11. The summed E-state index contributed by atoms with van der Waals surface area (Å²) in [4.78, 5) is 35.6. The number of hydrogen-bond acceptors (Lipinski definition) is 5. The second kappa shape index (κ2) is 8.19. The van der Waals surface area contributed by atoms with Crippen LogP contribution in [0.4, 0.5) is 11.4 Å². The molecule has 0 spiro atoms. The van der Waals surface area contributed by atoms with Gasteiger partial charge in [-0.1, -0.05) is 12.1 Å². The highest BCUT2D eigenvalue weighted by Crippen LogP contribution is 2.51. The predicted molar refractivity (Wildman–Crippen MR) is 118 cm³/mol. The van der Waals surface area contributed by atoms with Gasteiger partial charge in [0.25, 0.3) is 11.4 Å². The summed E-state index contributed by atoms with van der Waals surface area (Å²) in [5, 5.41) is 22.8. The Kier molecular flexibility index (Phi) is 5.76. The van der Waals surface area contributed by atoms with Crippen LogP contribution >= 0.6 is 31.9 Å². The van der Waals surface area contributed by atoms with Crippen LogP contribution in [0, 0.1) is 32.1 Å². The van der Waals surface area contributed by atoms with Gasteiger partial charge in [0.1, 0.15) is 5.78 Å². The third-order valence-corrected chi connectivity index (χ3v) is 7.19. The van der Waals surface area contributed by atoms with Crippen molar-refractivity contribution in [1.29, 1.82) is 0 Å². The smallest absolute Gasteiger partial charge is 0.283 e. The summed E-state index contributed by atoms with van der Waals surface area (Å²) in [5.41, 5.74) is 1.17. The predicted octanol–water partition coefficient (Wildman–Crippen LogP) is 6.28. The van der Waals surface area contributed by atoms with E-state index in [1.54, 1.807) is 24.3 Å². The molecule has 4 rings (SSSR count). The van der Waals surface area contributed by atoms with Crippen LogP contribution in [-0.2, 0) is 4.79 Å². The Morgan fingerprint density at radius 1 is 0.800 bits per heavy atom. The first-order valence-electron chi connectivity index (χ1n) is 9.69. The molecule has 0 saturated heterocycles. The number of carbonyl (C=O) groups is 1. The van der Waals surface area contributed by atoms with Gasteiger partial charge in [-0.15, -0.1) is 0 Å². The highest BCUT2D eigenvalue weighted by Gasteiger charge is 2.46. The number of rotatable bonds is 8. The summed E-state index contributed by atoms with van der Waals surface area (Å²) in [7, 11) is 0. The van der Waals surface area contributed by atoms with Crippen molar-refractivity contribution in [2.45, 2.75) is 37.5 Å². The van der Waals surface area contributed by atoms with E-state index in [4.69, 9.17) is 0 Å². The van der Waals surface area contributed by atoms with Crippen LogP contribution in [-0.4, -0.2) is 15.6 Å². The molecule has 2 saturated carbocycles. The molecule has 2 aliphatic carbocycles. The van der Waals surface area contributed by atoms with E-state index >= 15 is 0 Å². The molecule has 0 heterocycles. The topological polar surface area (TPSA) is 103 Å². The van der Waals surface area contributed by atoms with Crippen molar-refractivity contribution < 1.29 is 14.6 Å². The Morgan fingerprint density at radius 2 is 1.17 bits per heavy atom. The fourth-order valence-corrected chi connectivity index (χ4v) is 4.90. The van der Waals surface area contributed by atoms with Gasteiger partial charge in [-0.05, 0) is 92.6 Å². The first-order chi connectivity index (χ1) is 14.3. The van der Waals surface area contributed by atoms with Gasteiger partial charge in [0.05, 0.1) is 18.8 Å². The third-order valence-electron chi connectivity index (χ3n) is 5.85. The molecule has 2 unspecified atom stereocenters. The number of nitrogens with zero attached hydrogens (tertiary/aromatic N) is 2. The number of halogens is 2. The molecular formula is C21H18Br2N2O5. The summed E-state index contributed by atoms with van der Waals surface area (Å²) < 4.78 is 0.751. The van der Waals surface area contributed by atoms with E-state index in [9.17, 15) is 25.0 Å². The van der Waals surface area contributed by atoms with Gasteiger partial charge in [0.15, 0.2) is 0 Å². The molecule has 0 N–H and O–H groups in total. The molecule has 2 atom stereocenters. The zero-order valence-corrected chi connectivity index (χ0v) is 19.0. The number of benzene rings is 2. The van der Waals surface area contributed by atoms with Gasteiger partial charge in [0, 0.05) is 24.0 Å². The van der Waals surface area contributed by atoms with E-state index in [1.807, 2.05) is 0 Å². The number of nitro groups is 2. The molecule has 9 heteroatoms. The van der Waals surface area contributed by atoms with Gasteiger partial charge >= 0.3 is 0 Å². The molecule has 0 aliphatic heterocycles. The molecule has 7 nitrogen and oxygen atoms in total. The summed E-state index contributed by atoms with van der Waals surface area (Å²) in [5.74, 6) is -0.557. The molecule has 0 amide bonds. The molecule has 2 aromatic carbocycles. The fourth-order valence-electron chi connectivity index (χ4n) is 4.12. The van der Waals surface area contributed by atoms with Crippen molar-refractivity contribution in [2.75, 3.05) is 0 Å². The number of nitro benzene ring substituents is 2. The second-order valence-corrected chi connectivity index (χ2v) is 9.68. The standard InChI is InChI=1S/C21H18Br2N2O5/c22-15-7-5-13(9-17(15)24(27)28)19(11-1-2-11)21(26)20(12-3-4-12)14-6-8-16(23)18(10-14)25(29)30/h5-12,19-20H,1-4H2. The maximum atomic E-state index is 13.8. The summed E-state index contributed by atoms with van der Waals surface area (Å²) in [6.45, 7) is 0. The molecule has 0 radical (unpaired) electrons. The SMILES string of the molecule is O=C(C(c1ccc(Br)c([N+](=O)[O-])c1)C1CC1)C(c1ccc(Br)c([N+](=O)[O-])c1)C1CC1. The Labute approximate surface area is 189 Å². The van der Waals surface area contributed by atoms with Gasteiger partial charge in [-0.25, -0.2) is 0 Å². The number of ketones is 1. The Balaban J connectivity index is 1.74. The summed E-state index contributed by atoms with van der Waals surface area (Å²) in [6.07, 6.45) is 3.60. The first kappa shape index (κ1) is 21.1. The maximum Gasteiger partial charge on any atom is 0.283 e. The molecular weight excluding hydrogens is 520 g/mol. The van der Waals surface area contributed by atoms with Gasteiger partial charge in [0.2, 0.25) is 0 Å². The highest BCUT2D eigenvalue weighted by atomic mass is 79.9. The van der Waals surface area contributed by atoms with Crippen LogP contribution in [0.15, 0.2) is 45.3 Å². The van der Waals surface area contributed by atoms with Gasteiger partial charge in [-0.2, -0.15) is 0 Å². The molecule has 2 aromatic rings. The average Bonchev–Trinajstić information content (AvgIpc) is 3.59. The van der Waals surface area contributed by atoms with E-state index in [0.717, 1.165) is 25.7 Å². The van der Waals surface area contributed by atoms with Crippen molar-refractivity contribution in [1.82, 2.24) is 0 Å². The monoisotopic (exact) mass is 536 g/mol.